The predicted octanol–water partition coefficient (Wildman–Crippen LogP) is 3.68. The van der Waals surface area contributed by atoms with Crippen molar-refractivity contribution in [3.8, 4) is 0 Å². The Labute approximate surface area is 125 Å². The van der Waals surface area contributed by atoms with Crippen molar-refractivity contribution in [3.05, 3.63) is 34.9 Å². The third kappa shape index (κ3) is 3.01. The molecule has 2 atom stereocenters. The SMILES string of the molecule is C[C@@H](NC[C@H]1COC2(CCCC2)O1)c1ccccc1Cl. The molecule has 0 bridgehead atoms. The molecule has 0 radical (unpaired) electrons. The molecule has 20 heavy (non-hydrogen) atoms. The van der Waals surface area contributed by atoms with Gasteiger partial charge in [-0.2, -0.15) is 0 Å². The van der Waals surface area contributed by atoms with Gasteiger partial charge >= 0.3 is 0 Å². The van der Waals surface area contributed by atoms with Gasteiger partial charge in [0.15, 0.2) is 5.79 Å². The van der Waals surface area contributed by atoms with Crippen LogP contribution in [-0.2, 0) is 9.47 Å². The maximum Gasteiger partial charge on any atom is 0.168 e. The number of nitrogens with one attached hydrogen (secondary N) is 1. The van der Waals surface area contributed by atoms with Gasteiger partial charge in [0.1, 0.15) is 0 Å². The number of rotatable bonds is 4. The van der Waals surface area contributed by atoms with E-state index in [4.69, 9.17) is 21.1 Å². The fourth-order valence-electron chi connectivity index (χ4n) is 3.14. The Morgan fingerprint density at radius 3 is 2.85 bits per heavy atom. The minimum absolute atomic E-state index is 0.151. The van der Waals surface area contributed by atoms with E-state index in [1.807, 2.05) is 18.2 Å². The van der Waals surface area contributed by atoms with Crippen molar-refractivity contribution in [2.24, 2.45) is 0 Å². The lowest BCUT2D eigenvalue weighted by molar-refractivity contribution is -0.161. The van der Waals surface area contributed by atoms with Crippen molar-refractivity contribution >= 4 is 11.6 Å². The van der Waals surface area contributed by atoms with E-state index in [9.17, 15) is 0 Å². The lowest BCUT2D eigenvalue weighted by Gasteiger charge is -2.23. The van der Waals surface area contributed by atoms with E-state index in [1.54, 1.807) is 0 Å². The van der Waals surface area contributed by atoms with E-state index < -0.39 is 0 Å². The molecule has 2 aliphatic rings. The summed E-state index contributed by atoms with van der Waals surface area (Å²) >= 11 is 6.22. The molecule has 1 N–H and O–H groups in total. The lowest BCUT2D eigenvalue weighted by atomic mass is 10.1. The van der Waals surface area contributed by atoms with Crippen LogP contribution < -0.4 is 5.32 Å². The van der Waals surface area contributed by atoms with Gasteiger partial charge in [-0.1, -0.05) is 29.8 Å². The Morgan fingerprint density at radius 1 is 1.35 bits per heavy atom. The van der Waals surface area contributed by atoms with Gasteiger partial charge in [-0.15, -0.1) is 0 Å². The molecular weight excluding hydrogens is 274 g/mol. The average Bonchev–Trinajstić information content (AvgIpc) is 3.07. The molecular formula is C16H22ClNO2. The predicted molar refractivity (Wildman–Crippen MR) is 79.9 cm³/mol. The van der Waals surface area contributed by atoms with Gasteiger partial charge in [-0.25, -0.2) is 0 Å². The molecule has 1 heterocycles. The van der Waals surface area contributed by atoms with Crippen LogP contribution in [-0.4, -0.2) is 25.0 Å². The summed E-state index contributed by atoms with van der Waals surface area (Å²) < 4.78 is 12.0. The second kappa shape index (κ2) is 6.02. The van der Waals surface area contributed by atoms with Crippen molar-refractivity contribution in [3.63, 3.8) is 0 Å². The van der Waals surface area contributed by atoms with Crippen LogP contribution in [0.25, 0.3) is 0 Å². The number of hydrogen-bond acceptors (Lipinski definition) is 3. The summed E-state index contributed by atoms with van der Waals surface area (Å²) in [5.41, 5.74) is 1.13. The van der Waals surface area contributed by atoms with E-state index in [1.165, 1.54) is 12.8 Å². The fraction of sp³-hybridized carbons (Fsp3) is 0.625. The largest absolute Gasteiger partial charge is 0.347 e. The smallest absolute Gasteiger partial charge is 0.168 e. The van der Waals surface area contributed by atoms with Crippen molar-refractivity contribution < 1.29 is 9.47 Å². The van der Waals surface area contributed by atoms with Gasteiger partial charge in [0, 0.05) is 30.5 Å². The first-order valence-corrected chi connectivity index (χ1v) is 7.86. The van der Waals surface area contributed by atoms with Crippen LogP contribution in [0.3, 0.4) is 0 Å². The highest BCUT2D eigenvalue weighted by molar-refractivity contribution is 6.31. The van der Waals surface area contributed by atoms with Crippen LogP contribution >= 0.6 is 11.6 Å². The molecule has 2 fully saturated rings. The summed E-state index contributed by atoms with van der Waals surface area (Å²) in [5.74, 6) is -0.264. The van der Waals surface area contributed by atoms with Gasteiger partial charge in [0.2, 0.25) is 0 Å². The second-order valence-corrected chi connectivity index (χ2v) is 6.23. The summed E-state index contributed by atoms with van der Waals surface area (Å²) in [5, 5.41) is 4.31. The second-order valence-electron chi connectivity index (χ2n) is 5.82. The Bertz CT molecular complexity index is 460. The standard InChI is InChI=1S/C16H22ClNO2/c1-12(14-6-2-3-7-15(14)17)18-10-13-11-19-16(20-13)8-4-5-9-16/h2-3,6-7,12-13,18H,4-5,8-11H2,1H3/t12-,13+/m1/s1. The molecule has 110 valence electrons. The summed E-state index contributed by atoms with van der Waals surface area (Å²) in [7, 11) is 0. The summed E-state index contributed by atoms with van der Waals surface area (Å²) in [4.78, 5) is 0. The Balaban J connectivity index is 1.52. The molecule has 0 unspecified atom stereocenters. The third-order valence-electron chi connectivity index (χ3n) is 4.30. The molecule has 1 aromatic rings. The molecule has 0 amide bonds. The molecule has 1 spiro atoms. The van der Waals surface area contributed by atoms with Crippen LogP contribution in [0.5, 0.6) is 0 Å². The van der Waals surface area contributed by atoms with Crippen molar-refractivity contribution in [2.45, 2.75) is 50.5 Å². The first-order chi connectivity index (χ1) is 9.69. The maximum atomic E-state index is 6.22. The van der Waals surface area contributed by atoms with Gasteiger partial charge in [-0.05, 0) is 31.4 Å². The Morgan fingerprint density at radius 2 is 2.10 bits per heavy atom. The topological polar surface area (TPSA) is 30.5 Å². The first-order valence-electron chi connectivity index (χ1n) is 7.48. The average molecular weight is 296 g/mol. The van der Waals surface area contributed by atoms with E-state index in [0.29, 0.717) is 6.61 Å². The summed E-state index contributed by atoms with van der Waals surface area (Å²) in [6.07, 6.45) is 4.68. The number of halogens is 1. The number of hydrogen-bond donors (Lipinski definition) is 1. The third-order valence-corrected chi connectivity index (χ3v) is 4.65. The quantitative estimate of drug-likeness (QED) is 0.919. The Hall–Kier alpha value is -0.610. The first kappa shape index (κ1) is 14.3. The molecule has 1 aliphatic carbocycles. The van der Waals surface area contributed by atoms with E-state index in [2.05, 4.69) is 18.3 Å². The molecule has 0 aromatic heterocycles. The van der Waals surface area contributed by atoms with Crippen LogP contribution in [0.15, 0.2) is 24.3 Å². The summed E-state index contributed by atoms with van der Waals surface area (Å²) in [6, 6.07) is 8.17. The van der Waals surface area contributed by atoms with E-state index in [0.717, 1.165) is 30.0 Å². The van der Waals surface area contributed by atoms with Crippen LogP contribution in [0, 0.1) is 0 Å². The highest BCUT2D eigenvalue weighted by Crippen LogP contribution is 2.39. The minimum Gasteiger partial charge on any atom is -0.347 e. The molecule has 1 saturated carbocycles. The molecule has 4 heteroatoms. The van der Waals surface area contributed by atoms with E-state index in [-0.39, 0.29) is 17.9 Å². The van der Waals surface area contributed by atoms with Crippen LogP contribution in [0.4, 0.5) is 0 Å². The highest BCUT2D eigenvalue weighted by Gasteiger charge is 2.43. The van der Waals surface area contributed by atoms with Gasteiger partial charge in [-0.3, -0.25) is 0 Å². The monoisotopic (exact) mass is 295 g/mol. The van der Waals surface area contributed by atoms with E-state index >= 15 is 0 Å². The van der Waals surface area contributed by atoms with Crippen LogP contribution in [0.1, 0.15) is 44.2 Å². The molecule has 1 aliphatic heterocycles. The van der Waals surface area contributed by atoms with Gasteiger partial charge in [0.05, 0.1) is 12.7 Å². The summed E-state index contributed by atoms with van der Waals surface area (Å²) in [6.45, 7) is 3.62. The zero-order valence-corrected chi connectivity index (χ0v) is 12.7. The maximum absolute atomic E-state index is 6.22. The normalized spacial score (nSPS) is 26.2. The minimum atomic E-state index is -0.264. The van der Waals surface area contributed by atoms with Crippen molar-refractivity contribution in [1.82, 2.24) is 5.32 Å². The number of benzene rings is 1. The van der Waals surface area contributed by atoms with Crippen LogP contribution in [0.2, 0.25) is 5.02 Å². The molecule has 3 nitrogen and oxygen atoms in total. The number of ether oxygens (including phenoxy) is 2. The van der Waals surface area contributed by atoms with Gasteiger partial charge in [0.25, 0.3) is 0 Å². The van der Waals surface area contributed by atoms with Crippen molar-refractivity contribution in [1.29, 1.82) is 0 Å². The highest BCUT2D eigenvalue weighted by atomic mass is 35.5. The lowest BCUT2D eigenvalue weighted by Crippen LogP contribution is -2.33. The Kier molecular flexibility index (Phi) is 4.32. The van der Waals surface area contributed by atoms with Crippen molar-refractivity contribution in [2.75, 3.05) is 13.2 Å². The van der Waals surface area contributed by atoms with Gasteiger partial charge < -0.3 is 14.8 Å². The molecule has 1 aromatic carbocycles. The molecule has 1 saturated heterocycles. The fourth-order valence-corrected chi connectivity index (χ4v) is 3.44. The zero-order chi connectivity index (χ0) is 14.0. The zero-order valence-electron chi connectivity index (χ0n) is 11.9. The molecule has 3 rings (SSSR count).